The molecular weight excluding hydrogens is 412 g/mol. The largest absolute Gasteiger partial charge is 0.288 e. The van der Waals surface area contributed by atoms with Gasteiger partial charge in [0.25, 0.3) is 23.2 Å². The molecule has 0 aromatic heterocycles. The predicted octanol–water partition coefficient (Wildman–Crippen LogP) is 2.50. The molecule has 11 heteroatoms. The molecule has 0 spiro atoms. The number of nitro benzene ring substituents is 2. The summed E-state index contributed by atoms with van der Waals surface area (Å²) in [4.78, 5) is 49.9. The van der Waals surface area contributed by atoms with Crippen molar-refractivity contribution in [1.82, 2.24) is 9.80 Å². The van der Waals surface area contributed by atoms with Crippen LogP contribution in [-0.2, 0) is 9.59 Å². The summed E-state index contributed by atoms with van der Waals surface area (Å²) in [7, 11) is 2.82. The maximum atomic E-state index is 13.0. The van der Waals surface area contributed by atoms with Crippen molar-refractivity contribution >= 4 is 46.1 Å². The molecule has 1 saturated heterocycles. The van der Waals surface area contributed by atoms with Crippen LogP contribution in [0.1, 0.15) is 11.1 Å². The molecule has 0 saturated carbocycles. The van der Waals surface area contributed by atoms with Crippen molar-refractivity contribution in [2.75, 3.05) is 14.1 Å². The Morgan fingerprint density at radius 2 is 1.40 bits per heavy atom. The lowest BCUT2D eigenvalue weighted by Gasteiger charge is -2.32. The predicted molar refractivity (Wildman–Crippen MR) is 109 cm³/mol. The molecule has 4 rings (SSSR count). The van der Waals surface area contributed by atoms with E-state index in [1.165, 1.54) is 14.1 Å². The van der Waals surface area contributed by atoms with Crippen LogP contribution < -0.4 is 0 Å². The minimum Gasteiger partial charge on any atom is -0.288 e. The highest BCUT2D eigenvalue weighted by atomic mass is 32.1. The van der Waals surface area contributed by atoms with E-state index in [4.69, 9.17) is 12.2 Å². The molecule has 2 aliphatic rings. The van der Waals surface area contributed by atoms with Crippen LogP contribution in [0.2, 0.25) is 0 Å². The lowest BCUT2D eigenvalue weighted by molar-refractivity contribution is -0.393. The zero-order chi connectivity index (χ0) is 21.9. The van der Waals surface area contributed by atoms with E-state index in [0.29, 0.717) is 11.1 Å². The van der Waals surface area contributed by atoms with Crippen LogP contribution in [-0.4, -0.2) is 50.7 Å². The van der Waals surface area contributed by atoms with E-state index in [9.17, 15) is 29.8 Å². The van der Waals surface area contributed by atoms with E-state index in [-0.39, 0.29) is 27.4 Å². The lowest BCUT2D eigenvalue weighted by Crippen LogP contribution is -2.53. The molecule has 0 atom stereocenters. The number of amides is 2. The van der Waals surface area contributed by atoms with Gasteiger partial charge in [-0.2, -0.15) is 0 Å². The number of nitrogens with zero attached hydrogens (tertiary/aromatic N) is 4. The zero-order valence-electron chi connectivity index (χ0n) is 15.6. The third-order valence-corrected chi connectivity index (χ3v) is 5.65. The number of likely N-dealkylation sites (N-methyl/N-ethyl adjacent to an activating group) is 2. The molecule has 30 heavy (non-hydrogen) atoms. The first-order valence-corrected chi connectivity index (χ1v) is 8.97. The van der Waals surface area contributed by atoms with Gasteiger partial charge in [0, 0.05) is 31.3 Å². The first kappa shape index (κ1) is 19.3. The van der Waals surface area contributed by atoms with Gasteiger partial charge in [-0.3, -0.25) is 39.6 Å². The number of carbonyl (C=O) groups is 2. The van der Waals surface area contributed by atoms with Crippen molar-refractivity contribution in [2.24, 2.45) is 0 Å². The normalized spacial score (nSPS) is 15.5. The fraction of sp³-hybridized carbons (Fsp3) is 0.105. The molecule has 1 heterocycles. The van der Waals surface area contributed by atoms with Gasteiger partial charge in [-0.1, -0.05) is 24.3 Å². The monoisotopic (exact) mass is 424 g/mol. The Hall–Kier alpha value is -3.99. The smallest absolute Gasteiger partial charge is 0.284 e. The van der Waals surface area contributed by atoms with Crippen molar-refractivity contribution in [3.8, 4) is 11.1 Å². The number of thiocarbonyl (C=S) groups is 1. The second-order valence-electron chi connectivity index (χ2n) is 6.71. The van der Waals surface area contributed by atoms with Crippen LogP contribution in [0.25, 0.3) is 16.7 Å². The van der Waals surface area contributed by atoms with Gasteiger partial charge in [0.05, 0.1) is 21.5 Å². The van der Waals surface area contributed by atoms with E-state index < -0.39 is 33.0 Å². The molecule has 1 aliphatic heterocycles. The van der Waals surface area contributed by atoms with Crippen LogP contribution >= 0.6 is 12.2 Å². The molecule has 2 aromatic rings. The Kier molecular flexibility index (Phi) is 4.20. The minimum absolute atomic E-state index is 0.00544. The van der Waals surface area contributed by atoms with E-state index in [1.807, 2.05) is 0 Å². The Balaban J connectivity index is 2.17. The van der Waals surface area contributed by atoms with Crippen molar-refractivity contribution < 1.29 is 19.4 Å². The van der Waals surface area contributed by atoms with Gasteiger partial charge in [0.2, 0.25) is 0 Å². The van der Waals surface area contributed by atoms with E-state index in [1.54, 1.807) is 24.3 Å². The number of benzene rings is 2. The number of hydrogen-bond acceptors (Lipinski definition) is 7. The van der Waals surface area contributed by atoms with Gasteiger partial charge in [0.15, 0.2) is 5.11 Å². The van der Waals surface area contributed by atoms with E-state index in [0.717, 1.165) is 21.9 Å². The van der Waals surface area contributed by atoms with Crippen LogP contribution in [0.5, 0.6) is 0 Å². The molecule has 2 amide bonds. The quantitative estimate of drug-likeness (QED) is 0.203. The van der Waals surface area contributed by atoms with Crippen LogP contribution in [0, 0.1) is 20.2 Å². The summed E-state index contributed by atoms with van der Waals surface area (Å²) in [5.41, 5.74) is -0.100. The summed E-state index contributed by atoms with van der Waals surface area (Å²) in [6.07, 6.45) is 0. The highest BCUT2D eigenvalue weighted by molar-refractivity contribution is 7.80. The Morgan fingerprint density at radius 3 is 1.93 bits per heavy atom. The van der Waals surface area contributed by atoms with Gasteiger partial charge in [0.1, 0.15) is 5.57 Å². The van der Waals surface area contributed by atoms with Crippen LogP contribution in [0.3, 0.4) is 0 Å². The Labute approximate surface area is 174 Å². The summed E-state index contributed by atoms with van der Waals surface area (Å²) in [5, 5.41) is 23.1. The summed E-state index contributed by atoms with van der Waals surface area (Å²) in [6, 6.07) is 8.55. The molecule has 2 aromatic carbocycles. The third kappa shape index (κ3) is 2.52. The van der Waals surface area contributed by atoms with E-state index >= 15 is 0 Å². The lowest BCUT2D eigenvalue weighted by atomic mass is 9.94. The maximum Gasteiger partial charge on any atom is 0.284 e. The fourth-order valence-electron chi connectivity index (χ4n) is 3.71. The Morgan fingerprint density at radius 1 is 0.833 bits per heavy atom. The highest BCUT2D eigenvalue weighted by Gasteiger charge is 2.42. The first-order chi connectivity index (χ1) is 14.1. The second kappa shape index (κ2) is 6.52. The molecule has 1 fully saturated rings. The number of nitro groups is 2. The van der Waals surface area contributed by atoms with Gasteiger partial charge in [-0.15, -0.1) is 0 Å². The van der Waals surface area contributed by atoms with Crippen molar-refractivity contribution in [1.29, 1.82) is 0 Å². The highest BCUT2D eigenvalue weighted by Crippen LogP contribution is 2.51. The van der Waals surface area contributed by atoms with Crippen molar-refractivity contribution in [3.05, 3.63) is 73.3 Å². The zero-order valence-corrected chi connectivity index (χ0v) is 16.4. The summed E-state index contributed by atoms with van der Waals surface area (Å²) in [6.45, 7) is 0. The molecule has 150 valence electrons. The molecule has 10 nitrogen and oxygen atoms in total. The van der Waals surface area contributed by atoms with E-state index in [2.05, 4.69) is 0 Å². The second-order valence-corrected chi connectivity index (χ2v) is 7.07. The standard InChI is InChI=1S/C19H12N4O6S/c1-20-17(24)16(18(25)21(2)19(20)30)15-11-6-4-3-5-10(11)14-12(15)7-9(22(26)27)8-13(14)23(28)29/h3-8H,1-2H3. The average molecular weight is 424 g/mol. The van der Waals surface area contributed by atoms with Gasteiger partial charge in [-0.25, -0.2) is 0 Å². The average Bonchev–Trinajstić information content (AvgIpc) is 3.04. The summed E-state index contributed by atoms with van der Waals surface area (Å²) >= 11 is 5.11. The summed E-state index contributed by atoms with van der Waals surface area (Å²) < 4.78 is 0. The Bertz CT molecular complexity index is 1230. The topological polar surface area (TPSA) is 127 Å². The van der Waals surface area contributed by atoms with Gasteiger partial charge in [-0.05, 0) is 23.3 Å². The number of carbonyl (C=O) groups excluding carboxylic acids is 2. The first-order valence-electron chi connectivity index (χ1n) is 8.56. The molecule has 0 unspecified atom stereocenters. The number of non-ortho nitro benzene ring substituents is 1. The summed E-state index contributed by atoms with van der Waals surface area (Å²) in [5.74, 6) is -1.37. The number of rotatable bonds is 2. The molecule has 0 bridgehead atoms. The van der Waals surface area contributed by atoms with Gasteiger partial charge >= 0.3 is 0 Å². The molecular formula is C19H12N4O6S. The van der Waals surface area contributed by atoms with Crippen LogP contribution in [0.15, 0.2) is 42.0 Å². The van der Waals surface area contributed by atoms with Crippen molar-refractivity contribution in [3.63, 3.8) is 0 Å². The molecule has 0 radical (unpaired) electrons. The molecule has 1 aliphatic carbocycles. The van der Waals surface area contributed by atoms with Gasteiger partial charge < -0.3 is 0 Å². The fourth-order valence-corrected chi connectivity index (χ4v) is 3.88. The number of fused-ring (bicyclic) bond motifs is 3. The molecule has 0 N–H and O–H groups in total. The minimum atomic E-state index is -0.754. The third-order valence-electron chi connectivity index (χ3n) is 5.11. The van der Waals surface area contributed by atoms with Crippen LogP contribution in [0.4, 0.5) is 11.4 Å². The maximum absolute atomic E-state index is 13.0. The number of hydrogen-bond donors (Lipinski definition) is 0. The SMILES string of the molecule is CN1C(=O)C(=C2c3ccccc3-c3c2cc([N+](=O)[O-])cc3[N+](=O)[O-])C(=O)N(C)C1=S. The van der Waals surface area contributed by atoms with Crippen molar-refractivity contribution in [2.45, 2.75) is 0 Å².